The van der Waals surface area contributed by atoms with Crippen molar-refractivity contribution in [3.63, 3.8) is 0 Å². The Bertz CT molecular complexity index is 931. The number of nitrogens with zero attached hydrogens (tertiary/aromatic N) is 2. The Morgan fingerprint density at radius 3 is 2.72 bits per heavy atom. The van der Waals surface area contributed by atoms with Crippen LogP contribution in [0.1, 0.15) is 40.9 Å². The first kappa shape index (κ1) is 14.7. The third-order valence-corrected chi connectivity index (χ3v) is 5.61. The van der Waals surface area contributed by atoms with Crippen molar-refractivity contribution in [3.05, 3.63) is 87.6 Å². The van der Waals surface area contributed by atoms with E-state index in [1.165, 1.54) is 22.3 Å². The Morgan fingerprint density at radius 1 is 1.08 bits per heavy atom. The molecule has 3 heterocycles. The second kappa shape index (κ2) is 5.74. The minimum Gasteiger partial charge on any atom is -0.464 e. The van der Waals surface area contributed by atoms with Crippen LogP contribution in [-0.2, 0) is 0 Å². The minimum absolute atomic E-state index is 0.158. The molecule has 25 heavy (non-hydrogen) atoms. The zero-order chi connectivity index (χ0) is 16.8. The molecular weight excluding hydrogens is 328 g/mol. The zero-order valence-corrected chi connectivity index (χ0v) is 14.7. The van der Waals surface area contributed by atoms with Gasteiger partial charge in [-0.05, 0) is 35.4 Å². The molecule has 0 aliphatic carbocycles. The predicted octanol–water partition coefficient (Wildman–Crippen LogP) is 5.30. The highest BCUT2D eigenvalue weighted by Crippen LogP contribution is 2.47. The van der Waals surface area contributed by atoms with Crippen molar-refractivity contribution < 1.29 is 4.74 Å². The number of hydrazone groups is 1. The van der Waals surface area contributed by atoms with Crippen LogP contribution in [0, 0.1) is 6.92 Å². The van der Waals surface area contributed by atoms with Crippen molar-refractivity contribution in [2.24, 2.45) is 5.10 Å². The summed E-state index contributed by atoms with van der Waals surface area (Å²) in [6, 6.07) is 19.3. The number of para-hydroxylation sites is 1. The van der Waals surface area contributed by atoms with Gasteiger partial charge in [-0.2, -0.15) is 16.4 Å². The fourth-order valence-corrected chi connectivity index (χ4v) is 4.26. The van der Waals surface area contributed by atoms with E-state index in [9.17, 15) is 0 Å². The Hall–Kier alpha value is -2.59. The number of rotatable bonds is 2. The average Bonchev–Trinajstić information content (AvgIpc) is 3.32. The van der Waals surface area contributed by atoms with Crippen LogP contribution in [0.25, 0.3) is 0 Å². The zero-order valence-electron chi connectivity index (χ0n) is 13.9. The van der Waals surface area contributed by atoms with Gasteiger partial charge in [0.2, 0.25) is 6.23 Å². The highest BCUT2D eigenvalue weighted by Gasteiger charge is 2.40. The van der Waals surface area contributed by atoms with Gasteiger partial charge in [-0.15, -0.1) is 0 Å². The third-order valence-electron chi connectivity index (χ3n) is 4.91. The summed E-state index contributed by atoms with van der Waals surface area (Å²) in [7, 11) is 0. The molecule has 2 aliphatic rings. The Kier molecular flexibility index (Phi) is 3.38. The first-order valence-corrected chi connectivity index (χ1v) is 9.44. The van der Waals surface area contributed by atoms with E-state index in [2.05, 4.69) is 71.2 Å². The molecule has 4 heteroatoms. The van der Waals surface area contributed by atoms with Gasteiger partial charge < -0.3 is 4.74 Å². The van der Waals surface area contributed by atoms with E-state index in [-0.39, 0.29) is 12.3 Å². The lowest BCUT2D eigenvalue weighted by Crippen LogP contribution is -2.33. The van der Waals surface area contributed by atoms with Crippen molar-refractivity contribution in [1.82, 2.24) is 5.01 Å². The number of thiophene rings is 1. The Labute approximate surface area is 151 Å². The summed E-state index contributed by atoms with van der Waals surface area (Å²) < 4.78 is 6.32. The molecule has 5 rings (SSSR count). The molecule has 0 unspecified atom stereocenters. The standard InChI is InChI=1S/C21H18N2OS/c1-14-6-8-15(9-7-14)18-12-19-17-4-2-3-5-20(17)24-21(23(19)22-18)16-10-11-25-13-16/h2-11,13,19,21H,12H2,1H3/t19-,21+/m1/s1. The van der Waals surface area contributed by atoms with Gasteiger partial charge in [0.05, 0.1) is 11.8 Å². The topological polar surface area (TPSA) is 24.8 Å². The van der Waals surface area contributed by atoms with E-state index < -0.39 is 0 Å². The maximum absolute atomic E-state index is 6.32. The van der Waals surface area contributed by atoms with Crippen LogP contribution >= 0.6 is 11.3 Å². The fourth-order valence-electron chi connectivity index (χ4n) is 3.59. The molecule has 3 nitrogen and oxygen atoms in total. The lowest BCUT2D eigenvalue weighted by atomic mass is 9.96. The van der Waals surface area contributed by atoms with Gasteiger partial charge in [0.15, 0.2) is 0 Å². The van der Waals surface area contributed by atoms with Gasteiger partial charge in [0.25, 0.3) is 0 Å². The molecule has 1 aromatic heterocycles. The largest absolute Gasteiger partial charge is 0.464 e. The molecule has 124 valence electrons. The number of fused-ring (bicyclic) bond motifs is 3. The van der Waals surface area contributed by atoms with Crippen molar-refractivity contribution in [1.29, 1.82) is 0 Å². The van der Waals surface area contributed by atoms with Gasteiger partial charge in [-0.3, -0.25) is 0 Å². The van der Waals surface area contributed by atoms with E-state index in [4.69, 9.17) is 9.84 Å². The Balaban J connectivity index is 1.59. The molecule has 0 radical (unpaired) electrons. The van der Waals surface area contributed by atoms with Gasteiger partial charge >= 0.3 is 0 Å². The summed E-state index contributed by atoms with van der Waals surface area (Å²) in [6.45, 7) is 2.11. The Morgan fingerprint density at radius 2 is 1.92 bits per heavy atom. The highest BCUT2D eigenvalue weighted by molar-refractivity contribution is 7.07. The lowest BCUT2D eigenvalue weighted by Gasteiger charge is -2.37. The third kappa shape index (κ3) is 2.45. The van der Waals surface area contributed by atoms with Crippen LogP contribution in [-0.4, -0.2) is 10.7 Å². The molecular formula is C21H18N2OS. The van der Waals surface area contributed by atoms with E-state index >= 15 is 0 Å². The van der Waals surface area contributed by atoms with E-state index in [1.807, 2.05) is 6.07 Å². The number of hydrogen-bond donors (Lipinski definition) is 0. The summed E-state index contributed by atoms with van der Waals surface area (Å²) in [5.74, 6) is 0.973. The molecule has 0 N–H and O–H groups in total. The van der Waals surface area contributed by atoms with E-state index in [1.54, 1.807) is 11.3 Å². The summed E-state index contributed by atoms with van der Waals surface area (Å²) in [5, 5.41) is 11.4. The van der Waals surface area contributed by atoms with Crippen molar-refractivity contribution >= 4 is 17.0 Å². The van der Waals surface area contributed by atoms with Gasteiger partial charge in [-0.1, -0.05) is 48.0 Å². The van der Waals surface area contributed by atoms with Crippen LogP contribution in [0.2, 0.25) is 0 Å². The first-order chi connectivity index (χ1) is 12.3. The first-order valence-electron chi connectivity index (χ1n) is 8.50. The quantitative estimate of drug-likeness (QED) is 0.629. The van der Waals surface area contributed by atoms with Crippen LogP contribution < -0.4 is 4.74 Å². The molecule has 0 fully saturated rings. The molecule has 0 saturated heterocycles. The second-order valence-electron chi connectivity index (χ2n) is 6.58. The van der Waals surface area contributed by atoms with E-state index in [0.29, 0.717) is 0 Å². The number of ether oxygens (including phenoxy) is 1. The van der Waals surface area contributed by atoms with Crippen molar-refractivity contribution in [2.75, 3.05) is 0 Å². The van der Waals surface area contributed by atoms with Gasteiger partial charge in [0.1, 0.15) is 5.75 Å². The smallest absolute Gasteiger partial charge is 0.214 e. The van der Waals surface area contributed by atoms with Crippen LogP contribution in [0.4, 0.5) is 0 Å². The monoisotopic (exact) mass is 346 g/mol. The number of benzene rings is 2. The van der Waals surface area contributed by atoms with E-state index in [0.717, 1.165) is 17.9 Å². The fraction of sp³-hybridized carbons (Fsp3) is 0.190. The molecule has 2 aliphatic heterocycles. The lowest BCUT2D eigenvalue weighted by molar-refractivity contribution is -0.0187. The minimum atomic E-state index is -0.158. The maximum Gasteiger partial charge on any atom is 0.214 e. The molecule has 0 saturated carbocycles. The van der Waals surface area contributed by atoms with Crippen molar-refractivity contribution in [3.8, 4) is 5.75 Å². The maximum atomic E-state index is 6.32. The molecule has 0 bridgehead atoms. The SMILES string of the molecule is Cc1ccc(C2=NN3[C@H](C2)c2ccccc2O[C@H]3c2ccsc2)cc1. The van der Waals surface area contributed by atoms with Crippen LogP contribution in [0.15, 0.2) is 70.5 Å². The second-order valence-corrected chi connectivity index (χ2v) is 7.36. The molecule has 2 atom stereocenters. The summed E-state index contributed by atoms with van der Waals surface area (Å²) in [5.41, 5.74) is 5.98. The summed E-state index contributed by atoms with van der Waals surface area (Å²) >= 11 is 1.69. The van der Waals surface area contributed by atoms with Gasteiger partial charge in [-0.25, -0.2) is 5.01 Å². The number of hydrogen-bond acceptors (Lipinski definition) is 4. The van der Waals surface area contributed by atoms with Crippen LogP contribution in [0.5, 0.6) is 5.75 Å². The predicted molar refractivity (Wildman–Crippen MR) is 101 cm³/mol. The normalized spacial score (nSPS) is 21.3. The molecule has 2 aromatic carbocycles. The van der Waals surface area contributed by atoms with Gasteiger partial charge in [0, 0.05) is 17.5 Å². The van der Waals surface area contributed by atoms with Crippen molar-refractivity contribution in [2.45, 2.75) is 25.6 Å². The van der Waals surface area contributed by atoms with Crippen LogP contribution in [0.3, 0.4) is 0 Å². The number of aryl methyl sites for hydroxylation is 1. The summed E-state index contributed by atoms with van der Waals surface area (Å²) in [6.07, 6.45) is 0.749. The average molecular weight is 346 g/mol. The molecule has 3 aromatic rings. The highest BCUT2D eigenvalue weighted by atomic mass is 32.1. The summed E-state index contributed by atoms with van der Waals surface area (Å²) in [4.78, 5) is 0. The molecule has 0 amide bonds. The molecule has 0 spiro atoms.